The lowest BCUT2D eigenvalue weighted by molar-refractivity contribution is -0.134. The van der Waals surface area contributed by atoms with Gasteiger partial charge in [0.2, 0.25) is 11.8 Å². The third-order valence-corrected chi connectivity index (χ3v) is 6.87. The van der Waals surface area contributed by atoms with Crippen LogP contribution in [-0.2, 0) is 9.59 Å². The molecule has 5 nitrogen and oxygen atoms in total. The fraction of sp³-hybridized carbons (Fsp3) is 0.652. The summed E-state index contributed by atoms with van der Waals surface area (Å²) in [5.74, 6) is -0.345. The van der Waals surface area contributed by atoms with Crippen molar-refractivity contribution < 1.29 is 14.0 Å². The van der Waals surface area contributed by atoms with Crippen molar-refractivity contribution in [3.63, 3.8) is 0 Å². The second-order valence-corrected chi connectivity index (χ2v) is 8.80. The average molecular weight is 402 g/mol. The first-order valence-electron chi connectivity index (χ1n) is 11.1. The van der Waals surface area contributed by atoms with Gasteiger partial charge in [-0.1, -0.05) is 31.4 Å². The molecule has 158 valence electrons. The molecule has 2 heterocycles. The fourth-order valence-electron chi connectivity index (χ4n) is 5.01. The van der Waals surface area contributed by atoms with Crippen LogP contribution in [0.4, 0.5) is 10.1 Å². The number of piperazine rings is 1. The Bertz CT molecular complexity index is 709. The van der Waals surface area contributed by atoms with E-state index < -0.39 is 6.17 Å². The Morgan fingerprint density at radius 1 is 0.966 bits per heavy atom. The first-order valence-corrected chi connectivity index (χ1v) is 11.1. The van der Waals surface area contributed by atoms with E-state index in [1.165, 1.54) is 19.3 Å². The normalized spacial score (nSPS) is 25.7. The number of rotatable bonds is 5. The summed E-state index contributed by atoms with van der Waals surface area (Å²) in [5.41, 5.74) is 2.11. The minimum absolute atomic E-state index is 0.181. The molecular weight excluding hydrogens is 369 g/mol. The van der Waals surface area contributed by atoms with Gasteiger partial charge in [-0.2, -0.15) is 0 Å². The molecular formula is C23H32FN3O2. The lowest BCUT2D eigenvalue weighted by atomic mass is 9.85. The van der Waals surface area contributed by atoms with Crippen molar-refractivity contribution in [2.24, 2.45) is 5.92 Å². The van der Waals surface area contributed by atoms with E-state index in [9.17, 15) is 14.0 Å². The van der Waals surface area contributed by atoms with E-state index in [1.54, 1.807) is 0 Å². The van der Waals surface area contributed by atoms with Gasteiger partial charge in [-0.05, 0) is 42.9 Å². The van der Waals surface area contributed by atoms with Crippen LogP contribution in [0.5, 0.6) is 0 Å². The number of benzene rings is 1. The van der Waals surface area contributed by atoms with Crippen LogP contribution in [-0.4, -0.2) is 55.6 Å². The maximum atomic E-state index is 14.7. The molecule has 29 heavy (non-hydrogen) atoms. The zero-order valence-electron chi connectivity index (χ0n) is 17.1. The van der Waals surface area contributed by atoms with Gasteiger partial charge in [0, 0.05) is 44.8 Å². The topological polar surface area (TPSA) is 52.7 Å². The summed E-state index contributed by atoms with van der Waals surface area (Å²) < 4.78 is 14.7. The molecule has 2 aliphatic heterocycles. The zero-order valence-corrected chi connectivity index (χ0v) is 17.1. The van der Waals surface area contributed by atoms with Gasteiger partial charge in [-0.25, -0.2) is 4.39 Å². The highest BCUT2D eigenvalue weighted by Crippen LogP contribution is 2.29. The molecule has 3 aliphatic rings. The van der Waals surface area contributed by atoms with Gasteiger partial charge >= 0.3 is 0 Å². The predicted molar refractivity (Wildman–Crippen MR) is 112 cm³/mol. The quantitative estimate of drug-likeness (QED) is 0.770. The highest BCUT2D eigenvalue weighted by atomic mass is 19.1. The molecule has 0 spiro atoms. The minimum Gasteiger partial charge on any atom is -0.369 e. The molecule has 6 heteroatoms. The van der Waals surface area contributed by atoms with Crippen LogP contribution in [0, 0.1) is 5.92 Å². The number of imide groups is 1. The number of hydrogen-bond donors (Lipinski definition) is 1. The number of hydrogen-bond acceptors (Lipinski definition) is 4. The molecule has 0 radical (unpaired) electrons. The Labute approximate surface area is 172 Å². The van der Waals surface area contributed by atoms with Gasteiger partial charge < -0.3 is 4.90 Å². The van der Waals surface area contributed by atoms with Crippen LogP contribution in [0.25, 0.3) is 0 Å². The van der Waals surface area contributed by atoms with E-state index in [4.69, 9.17) is 0 Å². The molecule has 1 saturated carbocycles. The van der Waals surface area contributed by atoms with E-state index >= 15 is 0 Å². The molecule has 2 atom stereocenters. The number of halogens is 1. The van der Waals surface area contributed by atoms with Crippen LogP contribution < -0.4 is 10.2 Å². The zero-order chi connectivity index (χ0) is 20.2. The number of piperidine rings is 1. The summed E-state index contributed by atoms with van der Waals surface area (Å²) in [6.45, 7) is 4.15. The number of carbonyl (C=O) groups is 2. The Balaban J connectivity index is 1.27. The summed E-state index contributed by atoms with van der Waals surface area (Å²) in [6, 6.07) is 8.13. The van der Waals surface area contributed by atoms with Crippen molar-refractivity contribution in [3.05, 3.63) is 29.8 Å². The van der Waals surface area contributed by atoms with Gasteiger partial charge in [-0.15, -0.1) is 0 Å². The van der Waals surface area contributed by atoms with Crippen molar-refractivity contribution in [1.82, 2.24) is 10.2 Å². The monoisotopic (exact) mass is 401 g/mol. The number of amides is 2. The van der Waals surface area contributed by atoms with Gasteiger partial charge in [-0.3, -0.25) is 19.8 Å². The average Bonchev–Trinajstić information content (AvgIpc) is 2.75. The molecule has 1 aromatic carbocycles. The van der Waals surface area contributed by atoms with E-state index in [0.717, 1.165) is 50.3 Å². The molecule has 2 amide bonds. The molecule has 3 fully saturated rings. The van der Waals surface area contributed by atoms with E-state index in [1.807, 2.05) is 12.1 Å². The Morgan fingerprint density at radius 2 is 1.66 bits per heavy atom. The molecule has 0 bridgehead atoms. The number of carbonyl (C=O) groups excluding carboxylic acids is 2. The molecule has 1 aromatic rings. The lowest BCUT2D eigenvalue weighted by Crippen LogP contribution is -2.49. The van der Waals surface area contributed by atoms with Crippen LogP contribution in [0.3, 0.4) is 0 Å². The number of anilines is 1. The first-order chi connectivity index (χ1) is 14.1. The number of nitrogens with zero attached hydrogens (tertiary/aromatic N) is 2. The number of nitrogens with one attached hydrogen (secondary N) is 1. The summed E-state index contributed by atoms with van der Waals surface area (Å²) >= 11 is 0. The number of alkyl halides is 1. The molecule has 4 rings (SSSR count). The summed E-state index contributed by atoms with van der Waals surface area (Å²) in [5, 5.41) is 2.43. The molecule has 1 N–H and O–H groups in total. The Kier molecular flexibility index (Phi) is 6.48. The maximum Gasteiger partial charge on any atom is 0.234 e. The predicted octanol–water partition coefficient (Wildman–Crippen LogP) is 3.25. The third kappa shape index (κ3) is 4.97. The fourth-order valence-corrected chi connectivity index (χ4v) is 5.01. The summed E-state index contributed by atoms with van der Waals surface area (Å²) in [6.07, 6.45) is 6.05. The molecule has 2 unspecified atom stereocenters. The summed E-state index contributed by atoms with van der Waals surface area (Å²) in [4.78, 5) is 28.0. The minimum atomic E-state index is -0.686. The largest absolute Gasteiger partial charge is 0.369 e. The van der Waals surface area contributed by atoms with Crippen molar-refractivity contribution in [2.45, 2.75) is 57.0 Å². The summed E-state index contributed by atoms with van der Waals surface area (Å²) in [7, 11) is 0. The molecule has 2 saturated heterocycles. The maximum absolute atomic E-state index is 14.7. The van der Waals surface area contributed by atoms with Crippen molar-refractivity contribution in [1.29, 1.82) is 0 Å². The van der Waals surface area contributed by atoms with E-state index in [0.29, 0.717) is 19.4 Å². The second kappa shape index (κ2) is 9.24. The molecule has 0 aromatic heterocycles. The third-order valence-electron chi connectivity index (χ3n) is 6.87. The van der Waals surface area contributed by atoms with E-state index in [-0.39, 0.29) is 23.7 Å². The van der Waals surface area contributed by atoms with Gasteiger partial charge in [0.05, 0.1) is 5.92 Å². The van der Waals surface area contributed by atoms with Crippen molar-refractivity contribution >= 4 is 17.5 Å². The van der Waals surface area contributed by atoms with E-state index in [2.05, 4.69) is 27.2 Å². The van der Waals surface area contributed by atoms with Crippen LogP contribution in [0.15, 0.2) is 24.3 Å². The SMILES string of the molecule is O=C1CCC(c2ccc(N3CCN(CC(F)C4CCCCC4)CC3)cc2)C(=O)N1. The smallest absolute Gasteiger partial charge is 0.234 e. The lowest BCUT2D eigenvalue weighted by Gasteiger charge is -2.38. The van der Waals surface area contributed by atoms with Crippen LogP contribution in [0.2, 0.25) is 0 Å². The highest BCUT2D eigenvalue weighted by molar-refractivity contribution is 6.00. The second-order valence-electron chi connectivity index (χ2n) is 8.80. The van der Waals surface area contributed by atoms with Crippen molar-refractivity contribution in [2.75, 3.05) is 37.6 Å². The van der Waals surface area contributed by atoms with Gasteiger partial charge in [0.25, 0.3) is 0 Å². The van der Waals surface area contributed by atoms with Crippen LogP contribution >= 0.6 is 0 Å². The van der Waals surface area contributed by atoms with Crippen LogP contribution in [0.1, 0.15) is 56.4 Å². The van der Waals surface area contributed by atoms with Crippen molar-refractivity contribution in [3.8, 4) is 0 Å². The Hall–Kier alpha value is -1.95. The molecule has 1 aliphatic carbocycles. The Morgan fingerprint density at radius 3 is 2.31 bits per heavy atom. The van der Waals surface area contributed by atoms with Gasteiger partial charge in [0.15, 0.2) is 0 Å². The van der Waals surface area contributed by atoms with Gasteiger partial charge in [0.1, 0.15) is 6.17 Å². The first kappa shape index (κ1) is 20.3. The standard InChI is InChI=1S/C23H32FN3O2/c24-21(18-4-2-1-3-5-18)16-26-12-14-27(15-13-26)19-8-6-17(7-9-19)20-10-11-22(28)25-23(20)29/h6-9,18,20-21H,1-5,10-16H2,(H,25,28,29). The highest BCUT2D eigenvalue weighted by Gasteiger charge is 2.29.